The smallest absolute Gasteiger partial charge is 0.337 e. The molecule has 4 rings (SSSR count). The summed E-state index contributed by atoms with van der Waals surface area (Å²) in [7, 11) is -1.76. The molecule has 2 aliphatic rings. The van der Waals surface area contributed by atoms with Crippen LogP contribution < -0.4 is 10.6 Å². The standard InChI is InChI=1S/C24H28N4O6S/c1-25-24(32)28-11-10-15(14-28)12-20(22(29)27-21-9-4-17(13-26-21)23(30)31)16-2-5-18(6-3-16)35(33,34)19-7-8-19/h2-6,9,13,15,19-20H,7-8,10-12,14H2,1H3,(H,25,32)(H,30,31)(H,26,27,29)/t15-,20-/m1/s1. The third-order valence-corrected chi connectivity index (χ3v) is 8.79. The SMILES string of the molecule is CNC(=O)N1CC[C@H](C[C@@H](C(=O)Nc2ccc(C(=O)O)cn2)c2ccc(S(=O)(=O)C3CC3)cc2)C1. The summed E-state index contributed by atoms with van der Waals surface area (Å²) in [5, 5.41) is 14.1. The van der Waals surface area contributed by atoms with Crippen molar-refractivity contribution in [3.05, 3.63) is 53.7 Å². The van der Waals surface area contributed by atoms with Gasteiger partial charge >= 0.3 is 12.0 Å². The van der Waals surface area contributed by atoms with Crippen LogP contribution in [0.2, 0.25) is 0 Å². The molecule has 2 aromatic rings. The normalized spacial score (nSPS) is 18.7. The first-order valence-electron chi connectivity index (χ1n) is 11.5. The Hall–Kier alpha value is -3.47. The fourth-order valence-electron chi connectivity index (χ4n) is 4.36. The molecule has 1 aromatic heterocycles. The van der Waals surface area contributed by atoms with Crippen molar-refractivity contribution in [2.45, 2.75) is 41.7 Å². The topological polar surface area (TPSA) is 146 Å². The fourth-order valence-corrected chi connectivity index (χ4v) is 6.02. The number of aromatic nitrogens is 1. The van der Waals surface area contributed by atoms with E-state index in [1.807, 2.05) is 0 Å². The number of nitrogens with one attached hydrogen (secondary N) is 2. The Morgan fingerprint density at radius 3 is 2.40 bits per heavy atom. The fraction of sp³-hybridized carbons (Fsp3) is 0.417. The highest BCUT2D eigenvalue weighted by Crippen LogP contribution is 2.35. The Labute approximate surface area is 203 Å². The molecule has 1 aromatic carbocycles. The van der Waals surface area contributed by atoms with Gasteiger partial charge in [0, 0.05) is 26.3 Å². The van der Waals surface area contributed by atoms with E-state index in [1.54, 1.807) is 36.2 Å². The molecule has 3 N–H and O–H groups in total. The van der Waals surface area contributed by atoms with E-state index in [4.69, 9.17) is 5.11 Å². The van der Waals surface area contributed by atoms with Crippen molar-refractivity contribution in [2.24, 2.45) is 5.92 Å². The summed E-state index contributed by atoms with van der Waals surface area (Å²) in [6, 6.07) is 9.06. The quantitative estimate of drug-likeness (QED) is 0.505. The minimum Gasteiger partial charge on any atom is -0.478 e. The van der Waals surface area contributed by atoms with E-state index in [0.29, 0.717) is 37.9 Å². The van der Waals surface area contributed by atoms with Crippen LogP contribution in [0.25, 0.3) is 0 Å². The molecule has 1 aliphatic carbocycles. The zero-order valence-electron chi connectivity index (χ0n) is 19.3. The highest BCUT2D eigenvalue weighted by Gasteiger charge is 2.37. The summed E-state index contributed by atoms with van der Waals surface area (Å²) < 4.78 is 25.1. The second-order valence-electron chi connectivity index (χ2n) is 8.98. The highest BCUT2D eigenvalue weighted by molar-refractivity contribution is 7.92. The number of carboxylic acids is 1. The van der Waals surface area contributed by atoms with Gasteiger partial charge in [-0.15, -0.1) is 0 Å². The molecule has 3 amide bonds. The monoisotopic (exact) mass is 500 g/mol. The van der Waals surface area contributed by atoms with Gasteiger partial charge in [0.2, 0.25) is 5.91 Å². The Bertz CT molecular complexity index is 1210. The van der Waals surface area contributed by atoms with Crippen LogP contribution in [0.1, 0.15) is 47.5 Å². The maximum absolute atomic E-state index is 13.3. The first kappa shape index (κ1) is 24.6. The molecule has 0 bridgehead atoms. The van der Waals surface area contributed by atoms with Crippen molar-refractivity contribution in [1.82, 2.24) is 15.2 Å². The van der Waals surface area contributed by atoms with Crippen LogP contribution in [-0.4, -0.2) is 66.7 Å². The second-order valence-corrected chi connectivity index (χ2v) is 11.2. The number of nitrogens with zero attached hydrogens (tertiary/aromatic N) is 2. The summed E-state index contributed by atoms with van der Waals surface area (Å²) in [5.41, 5.74) is 0.671. The number of anilines is 1. The summed E-state index contributed by atoms with van der Waals surface area (Å²) in [4.78, 5) is 42.3. The molecule has 2 fully saturated rings. The number of carboxylic acid groups (broad SMARTS) is 1. The molecule has 0 radical (unpaired) electrons. The lowest BCUT2D eigenvalue weighted by Gasteiger charge is -2.21. The lowest BCUT2D eigenvalue weighted by atomic mass is 9.87. The van der Waals surface area contributed by atoms with Crippen LogP contribution >= 0.6 is 0 Å². The predicted molar refractivity (Wildman–Crippen MR) is 128 cm³/mol. The maximum Gasteiger partial charge on any atom is 0.337 e. The van der Waals surface area contributed by atoms with Crippen molar-refractivity contribution in [3.63, 3.8) is 0 Å². The molecule has 10 nitrogen and oxygen atoms in total. The van der Waals surface area contributed by atoms with E-state index in [1.165, 1.54) is 18.3 Å². The van der Waals surface area contributed by atoms with Crippen molar-refractivity contribution in [3.8, 4) is 0 Å². The van der Waals surface area contributed by atoms with Crippen LogP contribution in [0.3, 0.4) is 0 Å². The average molecular weight is 501 g/mol. The Balaban J connectivity index is 1.54. The van der Waals surface area contributed by atoms with E-state index in [2.05, 4.69) is 15.6 Å². The van der Waals surface area contributed by atoms with E-state index in [0.717, 1.165) is 6.42 Å². The molecular formula is C24H28N4O6S. The van der Waals surface area contributed by atoms with Gasteiger partial charge in [0.1, 0.15) is 5.82 Å². The predicted octanol–water partition coefficient (Wildman–Crippen LogP) is 2.49. The number of benzene rings is 1. The number of aromatic carboxylic acids is 1. The zero-order valence-corrected chi connectivity index (χ0v) is 20.1. The number of urea groups is 1. The lowest BCUT2D eigenvalue weighted by molar-refractivity contribution is -0.118. The van der Waals surface area contributed by atoms with Crippen molar-refractivity contribution >= 4 is 33.6 Å². The van der Waals surface area contributed by atoms with Gasteiger partial charge < -0.3 is 20.6 Å². The molecule has 186 valence electrons. The molecule has 1 aliphatic heterocycles. The first-order chi connectivity index (χ1) is 16.7. The summed E-state index contributed by atoms with van der Waals surface area (Å²) in [6.45, 7) is 1.11. The molecule has 1 saturated carbocycles. The number of hydrogen-bond acceptors (Lipinski definition) is 6. The van der Waals surface area contributed by atoms with Crippen LogP contribution in [0.5, 0.6) is 0 Å². The summed E-state index contributed by atoms with van der Waals surface area (Å²) >= 11 is 0. The number of rotatable bonds is 8. The van der Waals surface area contributed by atoms with Gasteiger partial charge in [0.25, 0.3) is 0 Å². The number of carbonyl (C=O) groups excluding carboxylic acids is 2. The summed E-state index contributed by atoms with van der Waals surface area (Å²) in [6.07, 6.45) is 3.72. The van der Waals surface area contributed by atoms with Crippen molar-refractivity contribution in [2.75, 3.05) is 25.5 Å². The minimum absolute atomic E-state index is 0.00672. The van der Waals surface area contributed by atoms with Gasteiger partial charge in [-0.2, -0.15) is 0 Å². The van der Waals surface area contributed by atoms with Gasteiger partial charge in [-0.3, -0.25) is 4.79 Å². The largest absolute Gasteiger partial charge is 0.478 e. The zero-order chi connectivity index (χ0) is 25.2. The van der Waals surface area contributed by atoms with E-state index < -0.39 is 21.7 Å². The Morgan fingerprint density at radius 2 is 1.83 bits per heavy atom. The number of sulfone groups is 1. The number of pyridine rings is 1. The van der Waals surface area contributed by atoms with Gasteiger partial charge in [-0.25, -0.2) is 23.0 Å². The Morgan fingerprint density at radius 1 is 1.11 bits per heavy atom. The van der Waals surface area contributed by atoms with Gasteiger partial charge in [0.15, 0.2) is 9.84 Å². The molecule has 2 heterocycles. The maximum atomic E-state index is 13.3. The van der Waals surface area contributed by atoms with Gasteiger partial charge in [-0.1, -0.05) is 12.1 Å². The average Bonchev–Trinajstić information content (AvgIpc) is 3.62. The molecule has 2 atom stereocenters. The third kappa shape index (κ3) is 5.61. The van der Waals surface area contributed by atoms with Crippen LogP contribution in [0.4, 0.5) is 10.6 Å². The van der Waals surface area contributed by atoms with Crippen LogP contribution in [0, 0.1) is 5.92 Å². The van der Waals surface area contributed by atoms with E-state index in [9.17, 15) is 22.8 Å². The number of amides is 3. The minimum atomic E-state index is -3.34. The molecule has 1 saturated heterocycles. The molecule has 35 heavy (non-hydrogen) atoms. The molecule has 0 unspecified atom stereocenters. The van der Waals surface area contributed by atoms with E-state index in [-0.39, 0.29) is 39.4 Å². The highest BCUT2D eigenvalue weighted by atomic mass is 32.2. The van der Waals surface area contributed by atoms with Gasteiger partial charge in [-0.05, 0) is 61.4 Å². The number of likely N-dealkylation sites (tertiary alicyclic amines) is 1. The Kier molecular flexibility index (Phi) is 7.06. The first-order valence-corrected chi connectivity index (χ1v) is 13.0. The lowest BCUT2D eigenvalue weighted by Crippen LogP contribution is -2.36. The van der Waals surface area contributed by atoms with Crippen molar-refractivity contribution in [1.29, 1.82) is 0 Å². The second kappa shape index (κ2) is 10.0. The number of hydrogen-bond donors (Lipinski definition) is 3. The number of carbonyl (C=O) groups is 3. The van der Waals surface area contributed by atoms with Gasteiger partial charge in [0.05, 0.1) is 21.6 Å². The van der Waals surface area contributed by atoms with Crippen molar-refractivity contribution < 1.29 is 27.9 Å². The molecular weight excluding hydrogens is 472 g/mol. The van der Waals surface area contributed by atoms with E-state index >= 15 is 0 Å². The van der Waals surface area contributed by atoms with Crippen LogP contribution in [-0.2, 0) is 14.6 Å². The third-order valence-electron chi connectivity index (χ3n) is 6.51. The molecule has 11 heteroatoms. The van der Waals surface area contributed by atoms with Crippen LogP contribution in [0.15, 0.2) is 47.5 Å². The molecule has 0 spiro atoms. The summed E-state index contributed by atoms with van der Waals surface area (Å²) in [5.74, 6) is -1.76.